The van der Waals surface area contributed by atoms with Gasteiger partial charge in [-0.05, 0) is 66.9 Å². The average Bonchev–Trinajstić information content (AvgIpc) is 2.15. The Labute approximate surface area is 97.6 Å². The molecule has 0 aromatic carbocycles. The van der Waals surface area contributed by atoms with Crippen molar-refractivity contribution in [2.24, 2.45) is 35.0 Å². The molecule has 1 heteroatoms. The SMILES string of the molecule is CSC12[C@H]3C[C@@H]4C[C@H](C3)C([C@H]1C4)C2(C)C. The van der Waals surface area contributed by atoms with Gasteiger partial charge in [0, 0.05) is 4.75 Å². The molecule has 0 nitrogen and oxygen atoms in total. The predicted octanol–water partition coefficient (Wildman–Crippen LogP) is 3.81. The number of rotatable bonds is 1. The quantitative estimate of drug-likeness (QED) is 0.650. The molecule has 84 valence electrons. The van der Waals surface area contributed by atoms with Crippen LogP contribution in [0.25, 0.3) is 0 Å². The minimum Gasteiger partial charge on any atom is -0.157 e. The molecule has 15 heavy (non-hydrogen) atoms. The smallest absolute Gasteiger partial charge is 0.0270 e. The maximum atomic E-state index is 2.58. The summed E-state index contributed by atoms with van der Waals surface area (Å²) in [6.45, 7) is 5.16. The normalized spacial score (nSPS) is 63.0. The zero-order valence-electron chi connectivity index (χ0n) is 10.1. The lowest BCUT2D eigenvalue weighted by molar-refractivity contribution is -0.238. The minimum atomic E-state index is 0.649. The third-order valence-electron chi connectivity index (χ3n) is 6.71. The van der Waals surface area contributed by atoms with Gasteiger partial charge in [-0.25, -0.2) is 0 Å². The lowest BCUT2D eigenvalue weighted by Crippen LogP contribution is -2.78. The Morgan fingerprint density at radius 1 is 1.07 bits per heavy atom. The third-order valence-corrected chi connectivity index (χ3v) is 8.54. The fraction of sp³-hybridized carbons (Fsp3) is 1.00. The van der Waals surface area contributed by atoms with Crippen molar-refractivity contribution in [2.45, 2.75) is 44.3 Å². The van der Waals surface area contributed by atoms with E-state index in [1.54, 1.807) is 25.7 Å². The summed E-state index contributed by atoms with van der Waals surface area (Å²) in [5, 5.41) is 0. The van der Waals surface area contributed by atoms with E-state index in [1.165, 1.54) is 0 Å². The van der Waals surface area contributed by atoms with E-state index in [0.29, 0.717) is 10.2 Å². The van der Waals surface area contributed by atoms with E-state index in [9.17, 15) is 0 Å². The molecule has 0 heterocycles. The van der Waals surface area contributed by atoms with Crippen LogP contribution in [-0.2, 0) is 0 Å². The summed E-state index contributed by atoms with van der Waals surface area (Å²) in [5.41, 5.74) is 0.649. The van der Waals surface area contributed by atoms with Crippen LogP contribution in [-0.4, -0.2) is 11.0 Å². The fourth-order valence-corrected chi connectivity index (χ4v) is 8.47. The molecular weight excluding hydrogens is 200 g/mol. The second-order valence-electron chi connectivity index (χ2n) is 7.12. The van der Waals surface area contributed by atoms with E-state index < -0.39 is 0 Å². The predicted molar refractivity (Wildman–Crippen MR) is 65.9 cm³/mol. The second kappa shape index (κ2) is 2.44. The first-order valence-electron chi connectivity index (χ1n) is 6.66. The molecule has 6 fully saturated rings. The zero-order chi connectivity index (χ0) is 10.4. The minimum absolute atomic E-state index is 0.649. The highest BCUT2D eigenvalue weighted by atomic mass is 32.2. The summed E-state index contributed by atoms with van der Waals surface area (Å²) in [6.07, 6.45) is 8.72. The van der Waals surface area contributed by atoms with E-state index in [1.807, 2.05) is 0 Å². The Hall–Kier alpha value is 0.350. The Balaban J connectivity index is 1.86. The number of hydrogen-bond acceptors (Lipinski definition) is 1. The standard InChI is InChI=1S/C14H22S/c1-13(2)12-9-4-8-5-10(7-9)14(13,15-3)11(12)6-8/h8-12H,4-7H2,1-3H3/t8-,9+,10-,11+,12?,14?/m0/s1. The number of hydrogen-bond donors (Lipinski definition) is 0. The van der Waals surface area contributed by atoms with Gasteiger partial charge >= 0.3 is 0 Å². The molecule has 6 rings (SSSR count). The van der Waals surface area contributed by atoms with Gasteiger partial charge in [0.25, 0.3) is 0 Å². The maximum Gasteiger partial charge on any atom is 0.0270 e. The molecule has 6 bridgehead atoms. The molecule has 0 aliphatic heterocycles. The van der Waals surface area contributed by atoms with Crippen LogP contribution in [0, 0.1) is 35.0 Å². The first-order chi connectivity index (χ1) is 7.11. The van der Waals surface area contributed by atoms with Crippen LogP contribution in [0.3, 0.4) is 0 Å². The molecule has 6 saturated carbocycles. The van der Waals surface area contributed by atoms with E-state index in [2.05, 4.69) is 31.9 Å². The van der Waals surface area contributed by atoms with Gasteiger partial charge in [0.15, 0.2) is 0 Å². The van der Waals surface area contributed by atoms with Crippen molar-refractivity contribution in [1.29, 1.82) is 0 Å². The summed E-state index contributed by atoms with van der Waals surface area (Å²) in [4.78, 5) is 0. The van der Waals surface area contributed by atoms with Crippen molar-refractivity contribution < 1.29 is 0 Å². The van der Waals surface area contributed by atoms with Crippen molar-refractivity contribution in [1.82, 2.24) is 0 Å². The Morgan fingerprint density at radius 2 is 1.87 bits per heavy atom. The molecule has 0 spiro atoms. The highest BCUT2D eigenvalue weighted by Gasteiger charge is 2.77. The first kappa shape index (κ1) is 9.39. The first-order valence-corrected chi connectivity index (χ1v) is 7.89. The largest absolute Gasteiger partial charge is 0.157 e. The van der Waals surface area contributed by atoms with Crippen LogP contribution in [0.15, 0.2) is 0 Å². The molecule has 2 unspecified atom stereocenters. The van der Waals surface area contributed by atoms with Crippen molar-refractivity contribution in [3.05, 3.63) is 0 Å². The zero-order valence-corrected chi connectivity index (χ0v) is 10.9. The molecule has 0 amide bonds. The van der Waals surface area contributed by atoms with Crippen LogP contribution in [0.1, 0.15) is 39.5 Å². The van der Waals surface area contributed by atoms with Crippen molar-refractivity contribution in [3.8, 4) is 0 Å². The number of thioether (sulfide) groups is 1. The summed E-state index contributed by atoms with van der Waals surface area (Å²) in [6, 6.07) is 0. The van der Waals surface area contributed by atoms with Crippen molar-refractivity contribution in [2.75, 3.05) is 6.26 Å². The van der Waals surface area contributed by atoms with Gasteiger partial charge in [0.1, 0.15) is 0 Å². The monoisotopic (exact) mass is 222 g/mol. The van der Waals surface area contributed by atoms with Gasteiger partial charge in [0.2, 0.25) is 0 Å². The van der Waals surface area contributed by atoms with E-state index in [-0.39, 0.29) is 0 Å². The topological polar surface area (TPSA) is 0 Å². The second-order valence-corrected chi connectivity index (χ2v) is 8.20. The van der Waals surface area contributed by atoms with Crippen LogP contribution in [0.4, 0.5) is 0 Å². The van der Waals surface area contributed by atoms with Gasteiger partial charge in [-0.3, -0.25) is 0 Å². The summed E-state index contributed by atoms with van der Waals surface area (Å²) in [5.74, 6) is 5.54. The molecule has 6 aliphatic rings. The van der Waals surface area contributed by atoms with Gasteiger partial charge in [-0.2, -0.15) is 11.8 Å². The van der Waals surface area contributed by atoms with Crippen molar-refractivity contribution >= 4 is 11.8 Å². The molecule has 0 aromatic heterocycles. The molecule has 0 N–H and O–H groups in total. The van der Waals surface area contributed by atoms with Crippen LogP contribution >= 0.6 is 11.8 Å². The van der Waals surface area contributed by atoms with Crippen LogP contribution in [0.5, 0.6) is 0 Å². The van der Waals surface area contributed by atoms with Crippen molar-refractivity contribution in [3.63, 3.8) is 0 Å². The molecule has 6 atom stereocenters. The van der Waals surface area contributed by atoms with E-state index >= 15 is 0 Å². The van der Waals surface area contributed by atoms with Crippen LogP contribution < -0.4 is 0 Å². The van der Waals surface area contributed by atoms with Crippen LogP contribution in [0.2, 0.25) is 0 Å². The molecule has 0 aromatic rings. The highest BCUT2D eigenvalue weighted by molar-refractivity contribution is 8.00. The van der Waals surface area contributed by atoms with Gasteiger partial charge in [-0.15, -0.1) is 0 Å². The fourth-order valence-electron chi connectivity index (χ4n) is 6.74. The lowest BCUT2D eigenvalue weighted by Gasteiger charge is -2.80. The lowest BCUT2D eigenvalue weighted by atomic mass is 9.30. The summed E-state index contributed by atoms with van der Waals surface area (Å²) in [7, 11) is 0. The third kappa shape index (κ3) is 0.741. The Bertz CT molecular complexity index is 309. The van der Waals surface area contributed by atoms with Gasteiger partial charge in [-0.1, -0.05) is 13.8 Å². The van der Waals surface area contributed by atoms with Gasteiger partial charge in [0.05, 0.1) is 0 Å². The molecule has 6 aliphatic carbocycles. The molecular formula is C14H22S. The molecule has 0 radical (unpaired) electrons. The highest BCUT2D eigenvalue weighted by Crippen LogP contribution is 2.81. The van der Waals surface area contributed by atoms with E-state index in [4.69, 9.17) is 0 Å². The summed E-state index contributed by atoms with van der Waals surface area (Å²) < 4.78 is 0.699. The Kier molecular flexibility index (Phi) is 1.53. The Morgan fingerprint density at radius 3 is 2.53 bits per heavy atom. The average molecular weight is 222 g/mol. The summed E-state index contributed by atoms with van der Waals surface area (Å²) >= 11 is 2.24. The van der Waals surface area contributed by atoms with E-state index in [0.717, 1.165) is 29.6 Å². The molecule has 0 saturated heterocycles. The maximum absolute atomic E-state index is 2.58. The van der Waals surface area contributed by atoms with Gasteiger partial charge < -0.3 is 0 Å².